The van der Waals surface area contributed by atoms with Crippen molar-refractivity contribution in [2.24, 2.45) is 17.6 Å². The Balaban J connectivity index is 1.43. The van der Waals surface area contributed by atoms with Gasteiger partial charge < -0.3 is 34.5 Å². The molecule has 0 saturated carbocycles. The highest BCUT2D eigenvalue weighted by Gasteiger charge is 2.79. The number of nitrogens with two attached hydrogens (primary N) is 1. The van der Waals surface area contributed by atoms with E-state index in [4.69, 9.17) is 24.7 Å². The van der Waals surface area contributed by atoms with Crippen molar-refractivity contribution in [3.8, 4) is 0 Å². The van der Waals surface area contributed by atoms with Crippen molar-refractivity contribution in [2.75, 3.05) is 39.2 Å². The van der Waals surface area contributed by atoms with Crippen LogP contribution in [0.4, 0.5) is 4.79 Å². The minimum Gasteiger partial charge on any atom is -0.449 e. The zero-order valence-corrected chi connectivity index (χ0v) is 23.1. The number of nitrogens with zero attached hydrogens (tertiary/aromatic N) is 2. The molecule has 11 nitrogen and oxygen atoms in total. The largest absolute Gasteiger partial charge is 0.449 e. The Morgan fingerprint density at radius 2 is 1.92 bits per heavy atom. The molecule has 2 N–H and O–H groups in total. The molecule has 1 aliphatic carbocycles. The number of benzene rings is 1. The van der Waals surface area contributed by atoms with Crippen LogP contribution in [0.25, 0.3) is 0 Å². The minimum absolute atomic E-state index is 0.135. The molecule has 3 fully saturated rings. The summed E-state index contributed by atoms with van der Waals surface area (Å²) in [7, 11) is 1.47. The quantitative estimate of drug-likeness (QED) is 0.372. The number of Topliss-reactive ketones (excluding diaryl/α,β-unsaturated/α-hetero) is 2. The standard InChI is InChI=1S/C25H26BrN3O8S/c1-12(30)29-16-9-28-19-18(13(10-35-23(27)33)24(28,34-2)21(16)29)22(32)25(36-7-8-37-25)14(20(19)31)11-38-17-6-4-3-5-15(17)26/h3-6,13-14,16,21H,7-11H2,1-2H3,(H2,27,33)/t13-,14?,16+,21+,24-,29?/m1/s1. The Morgan fingerprint density at radius 3 is 2.55 bits per heavy atom. The van der Waals surface area contributed by atoms with Crippen molar-refractivity contribution < 1.29 is 38.1 Å². The lowest BCUT2D eigenvalue weighted by atomic mass is 9.76. The van der Waals surface area contributed by atoms with Crippen LogP contribution in [-0.4, -0.2) is 96.2 Å². The monoisotopic (exact) mass is 607 g/mol. The summed E-state index contributed by atoms with van der Waals surface area (Å²) in [5, 5.41) is 0. The number of methoxy groups -OCH3 is 1. The highest BCUT2D eigenvalue weighted by molar-refractivity contribution is 9.10. The Bertz CT molecular complexity index is 1280. The van der Waals surface area contributed by atoms with E-state index in [9.17, 15) is 19.2 Å². The van der Waals surface area contributed by atoms with E-state index in [0.717, 1.165) is 9.37 Å². The van der Waals surface area contributed by atoms with Crippen LogP contribution in [0.15, 0.2) is 44.9 Å². The van der Waals surface area contributed by atoms with Crippen LogP contribution in [0.2, 0.25) is 0 Å². The van der Waals surface area contributed by atoms with Gasteiger partial charge in [0.25, 0.3) is 0 Å². The SMILES string of the molecule is CO[C@@]12[C@H](COC(N)=O)C3=C(C(=O)C(CSc4ccccc4Br)C4(OCCO4)C3=O)N1C[C@H]1[C@@H]2N1C(C)=O. The van der Waals surface area contributed by atoms with Crippen LogP contribution < -0.4 is 5.73 Å². The fourth-order valence-corrected chi connectivity index (χ4v) is 8.40. The third-order valence-corrected chi connectivity index (χ3v) is 10.3. The summed E-state index contributed by atoms with van der Waals surface area (Å²) in [5.74, 6) is -4.32. The Hall–Kier alpha value is -2.45. The zero-order chi connectivity index (χ0) is 27.0. The van der Waals surface area contributed by atoms with Crippen LogP contribution in [0.5, 0.6) is 0 Å². The van der Waals surface area contributed by atoms with Crippen molar-refractivity contribution in [1.82, 2.24) is 9.80 Å². The van der Waals surface area contributed by atoms with Crippen LogP contribution >= 0.6 is 27.7 Å². The third-order valence-electron chi connectivity index (χ3n) is 8.13. The fraction of sp³-hybridized carbons (Fsp3) is 0.520. The number of primary amides is 1. The minimum atomic E-state index is -1.80. The smallest absolute Gasteiger partial charge is 0.404 e. The van der Waals surface area contributed by atoms with Gasteiger partial charge in [-0.2, -0.15) is 0 Å². The maximum Gasteiger partial charge on any atom is 0.404 e. The van der Waals surface area contributed by atoms with E-state index in [1.165, 1.54) is 25.8 Å². The van der Waals surface area contributed by atoms with Crippen molar-refractivity contribution in [3.63, 3.8) is 0 Å². The van der Waals surface area contributed by atoms with Crippen molar-refractivity contribution in [3.05, 3.63) is 40.0 Å². The van der Waals surface area contributed by atoms with Gasteiger partial charge in [-0.15, -0.1) is 11.8 Å². The fourth-order valence-electron chi connectivity index (χ4n) is 6.68. The number of ketones is 2. The highest BCUT2D eigenvalue weighted by Crippen LogP contribution is 2.61. The van der Waals surface area contributed by atoms with Gasteiger partial charge in [0, 0.05) is 41.3 Å². The first kappa shape index (κ1) is 25.8. The number of hydrogen-bond acceptors (Lipinski definition) is 10. The number of fused-ring (bicyclic) bond motifs is 4. The van der Waals surface area contributed by atoms with Gasteiger partial charge in [0.05, 0.1) is 36.8 Å². The van der Waals surface area contributed by atoms with Gasteiger partial charge in [0.2, 0.25) is 17.5 Å². The second kappa shape index (κ2) is 9.05. The van der Waals surface area contributed by atoms with Crippen LogP contribution in [-0.2, 0) is 33.3 Å². The number of hydrogen-bond donors (Lipinski definition) is 1. The van der Waals surface area contributed by atoms with E-state index in [0.29, 0.717) is 6.54 Å². The number of amides is 2. The number of allylic oxidation sites excluding steroid dienone is 1. The molecule has 0 aromatic heterocycles. The summed E-state index contributed by atoms with van der Waals surface area (Å²) in [6.07, 6.45) is -1.02. The Kier molecular flexibility index (Phi) is 6.15. The molecule has 3 saturated heterocycles. The van der Waals surface area contributed by atoms with E-state index in [1.807, 2.05) is 24.3 Å². The normalized spacial score (nSPS) is 32.5. The van der Waals surface area contributed by atoms with Crippen LogP contribution in [0.1, 0.15) is 6.92 Å². The van der Waals surface area contributed by atoms with Gasteiger partial charge in [-0.05, 0) is 28.1 Å². The molecular formula is C25H26BrN3O8S. The number of rotatable bonds is 6. The lowest BCUT2D eigenvalue weighted by Crippen LogP contribution is -2.56. The molecule has 0 radical (unpaired) electrons. The van der Waals surface area contributed by atoms with Crippen LogP contribution in [0, 0.1) is 11.8 Å². The molecule has 1 aromatic carbocycles. The first-order valence-corrected chi connectivity index (χ1v) is 14.0. The second-order valence-corrected chi connectivity index (χ2v) is 11.7. The molecule has 1 aromatic rings. The van der Waals surface area contributed by atoms with Gasteiger partial charge in [0.1, 0.15) is 12.6 Å². The third kappa shape index (κ3) is 3.38. The maximum atomic E-state index is 14.3. The maximum absolute atomic E-state index is 14.3. The lowest BCUT2D eigenvalue weighted by Gasteiger charge is -2.41. The molecule has 38 heavy (non-hydrogen) atoms. The number of carbonyl (C=O) groups is 4. The number of carbonyl (C=O) groups excluding carboxylic acids is 4. The Morgan fingerprint density at radius 1 is 1.21 bits per heavy atom. The highest BCUT2D eigenvalue weighted by atomic mass is 79.9. The van der Waals surface area contributed by atoms with E-state index in [-0.39, 0.29) is 54.6 Å². The number of thioether (sulfide) groups is 1. The Labute approximate surface area is 231 Å². The van der Waals surface area contributed by atoms with Gasteiger partial charge in [-0.3, -0.25) is 14.4 Å². The summed E-state index contributed by atoms with van der Waals surface area (Å²) < 4.78 is 24.1. The summed E-state index contributed by atoms with van der Waals surface area (Å²) in [6.45, 7) is 1.77. The second-order valence-electron chi connectivity index (χ2n) is 9.80. The lowest BCUT2D eigenvalue weighted by molar-refractivity contribution is -0.197. The molecule has 2 amide bonds. The summed E-state index contributed by atoms with van der Waals surface area (Å²) >= 11 is 4.96. The summed E-state index contributed by atoms with van der Waals surface area (Å²) in [5.41, 5.74) is 4.36. The number of ether oxygens (including phenoxy) is 4. The average molecular weight is 608 g/mol. The molecule has 4 heterocycles. The van der Waals surface area contributed by atoms with Gasteiger partial charge in [-0.25, -0.2) is 4.79 Å². The van der Waals surface area contributed by atoms with Gasteiger partial charge >= 0.3 is 6.09 Å². The van der Waals surface area contributed by atoms with Gasteiger partial charge in [0.15, 0.2) is 11.5 Å². The number of halogens is 1. The zero-order valence-electron chi connectivity index (χ0n) is 20.7. The summed E-state index contributed by atoms with van der Waals surface area (Å²) in [6, 6.07) is 7.00. The molecule has 6 rings (SSSR count). The van der Waals surface area contributed by atoms with E-state index < -0.39 is 41.3 Å². The molecule has 1 spiro atoms. The van der Waals surface area contributed by atoms with Gasteiger partial charge in [-0.1, -0.05) is 12.1 Å². The van der Waals surface area contributed by atoms with Crippen molar-refractivity contribution >= 4 is 51.3 Å². The van der Waals surface area contributed by atoms with Crippen LogP contribution in [0.3, 0.4) is 0 Å². The van der Waals surface area contributed by atoms with E-state index >= 15 is 0 Å². The molecule has 202 valence electrons. The predicted octanol–water partition coefficient (Wildman–Crippen LogP) is 1.29. The first-order chi connectivity index (χ1) is 18.2. The molecule has 4 aliphatic heterocycles. The number of piperazine rings is 1. The topological polar surface area (TPSA) is 137 Å². The van der Waals surface area contributed by atoms with Crippen molar-refractivity contribution in [1.29, 1.82) is 0 Å². The molecular weight excluding hydrogens is 582 g/mol. The first-order valence-electron chi connectivity index (χ1n) is 12.2. The molecule has 13 heteroatoms. The molecule has 0 bridgehead atoms. The summed E-state index contributed by atoms with van der Waals surface area (Å²) in [4.78, 5) is 57.0. The molecule has 1 unspecified atom stereocenters. The van der Waals surface area contributed by atoms with E-state index in [1.54, 1.807) is 9.80 Å². The van der Waals surface area contributed by atoms with Crippen molar-refractivity contribution in [2.45, 2.75) is 35.4 Å². The molecule has 5 atom stereocenters. The average Bonchev–Trinajstić information content (AvgIpc) is 3.16. The predicted molar refractivity (Wildman–Crippen MR) is 136 cm³/mol. The van der Waals surface area contributed by atoms with E-state index in [2.05, 4.69) is 15.9 Å². The molecule has 5 aliphatic rings.